The number of aromatic nitrogens is 2. The Kier molecular flexibility index (Phi) is 5.75. The zero-order valence-electron chi connectivity index (χ0n) is 18.8. The Morgan fingerprint density at radius 3 is 2.19 bits per heavy atom. The molecule has 1 aromatic carbocycles. The van der Waals surface area contributed by atoms with Gasteiger partial charge in [-0.15, -0.1) is 0 Å². The van der Waals surface area contributed by atoms with Crippen molar-refractivity contribution in [2.24, 2.45) is 11.8 Å². The molecule has 0 unspecified atom stereocenters. The van der Waals surface area contributed by atoms with Crippen LogP contribution in [0.5, 0.6) is 0 Å². The standard InChI is InChI=1S/C22H33N3O4S2/c1-22(2,3)21-23-19-13-18(7-8-20(19)25(21)14-16-5-6-16)31(28,29)15-17-9-11-24(12-10-17)30(4,26)27/h7-8,13,16-17H,5-6,9-12,14-15H2,1-4H3. The maximum absolute atomic E-state index is 13.1. The zero-order chi connectivity index (χ0) is 22.6. The molecule has 0 atom stereocenters. The number of benzene rings is 1. The fourth-order valence-corrected chi connectivity index (χ4v) is 7.02. The predicted octanol–water partition coefficient (Wildman–Crippen LogP) is 3.19. The lowest BCUT2D eigenvalue weighted by atomic mass is 9.95. The fraction of sp³-hybridized carbons (Fsp3) is 0.682. The minimum atomic E-state index is -3.47. The molecule has 2 aromatic rings. The van der Waals surface area contributed by atoms with Gasteiger partial charge in [0.05, 0.1) is 27.9 Å². The lowest BCUT2D eigenvalue weighted by molar-refractivity contribution is 0.290. The molecule has 9 heteroatoms. The minimum Gasteiger partial charge on any atom is -0.327 e. The SMILES string of the molecule is CC(C)(C)c1nc2cc(S(=O)(=O)CC3CCN(S(C)(=O)=O)CC3)ccc2n1CC1CC1. The van der Waals surface area contributed by atoms with Gasteiger partial charge >= 0.3 is 0 Å². The number of sulfone groups is 1. The zero-order valence-corrected chi connectivity index (χ0v) is 20.5. The predicted molar refractivity (Wildman–Crippen MR) is 122 cm³/mol. The van der Waals surface area contributed by atoms with Crippen molar-refractivity contribution in [1.29, 1.82) is 0 Å². The average Bonchev–Trinajstić information content (AvgIpc) is 3.39. The summed E-state index contributed by atoms with van der Waals surface area (Å²) in [4.78, 5) is 5.16. The molecule has 1 aromatic heterocycles. The normalized spacial score (nSPS) is 19.9. The average molecular weight is 468 g/mol. The van der Waals surface area contributed by atoms with Crippen LogP contribution < -0.4 is 0 Å². The summed E-state index contributed by atoms with van der Waals surface area (Å²) in [6, 6.07) is 5.33. The van der Waals surface area contributed by atoms with E-state index in [9.17, 15) is 16.8 Å². The number of nitrogens with zero attached hydrogens (tertiary/aromatic N) is 3. The van der Waals surface area contributed by atoms with E-state index in [1.807, 2.05) is 6.07 Å². The number of rotatable bonds is 6. The summed E-state index contributed by atoms with van der Waals surface area (Å²) in [7, 11) is -6.69. The molecule has 0 amide bonds. The summed E-state index contributed by atoms with van der Waals surface area (Å²) in [6.07, 6.45) is 4.83. The van der Waals surface area contributed by atoms with Crippen LogP contribution in [-0.2, 0) is 31.8 Å². The molecule has 1 aliphatic heterocycles. The third kappa shape index (κ3) is 4.98. The third-order valence-electron chi connectivity index (χ3n) is 6.38. The molecule has 0 bridgehead atoms. The summed E-state index contributed by atoms with van der Waals surface area (Å²) in [5, 5.41) is 0. The first-order valence-electron chi connectivity index (χ1n) is 11.0. The number of imidazole rings is 1. The molecular formula is C22H33N3O4S2. The lowest BCUT2D eigenvalue weighted by Crippen LogP contribution is -2.39. The molecule has 2 fully saturated rings. The number of sulfonamides is 1. The second-order valence-electron chi connectivity index (χ2n) is 10.3. The maximum Gasteiger partial charge on any atom is 0.211 e. The molecule has 1 saturated heterocycles. The van der Waals surface area contributed by atoms with E-state index in [1.165, 1.54) is 23.4 Å². The molecule has 4 rings (SSSR count). The Morgan fingerprint density at radius 1 is 1.00 bits per heavy atom. The first-order valence-corrected chi connectivity index (χ1v) is 14.5. The van der Waals surface area contributed by atoms with Crippen LogP contribution in [0.2, 0.25) is 0 Å². The molecule has 2 aliphatic rings. The van der Waals surface area contributed by atoms with Crippen molar-refractivity contribution in [1.82, 2.24) is 13.9 Å². The second-order valence-corrected chi connectivity index (χ2v) is 14.3. The van der Waals surface area contributed by atoms with Gasteiger partial charge in [0.1, 0.15) is 5.82 Å². The highest BCUT2D eigenvalue weighted by Gasteiger charge is 2.31. The van der Waals surface area contributed by atoms with Gasteiger partial charge in [-0.3, -0.25) is 0 Å². The van der Waals surface area contributed by atoms with Crippen LogP contribution in [0.3, 0.4) is 0 Å². The molecule has 1 aliphatic carbocycles. The first-order chi connectivity index (χ1) is 14.3. The van der Waals surface area contributed by atoms with Crippen LogP contribution in [-0.4, -0.2) is 55.8 Å². The van der Waals surface area contributed by atoms with Crippen LogP contribution in [0, 0.1) is 11.8 Å². The Bertz CT molecular complexity index is 1180. The summed E-state index contributed by atoms with van der Waals surface area (Å²) < 4.78 is 53.4. The Hall–Kier alpha value is -1.45. The molecule has 172 valence electrons. The number of hydrogen-bond acceptors (Lipinski definition) is 5. The van der Waals surface area contributed by atoms with Gasteiger partial charge in [-0.05, 0) is 55.7 Å². The molecule has 31 heavy (non-hydrogen) atoms. The van der Waals surface area contributed by atoms with E-state index < -0.39 is 19.9 Å². The van der Waals surface area contributed by atoms with Crippen LogP contribution >= 0.6 is 0 Å². The molecule has 2 heterocycles. The lowest BCUT2D eigenvalue weighted by Gasteiger charge is -2.29. The minimum absolute atomic E-state index is 0.0312. The van der Waals surface area contributed by atoms with Crippen molar-refractivity contribution in [2.75, 3.05) is 25.1 Å². The van der Waals surface area contributed by atoms with E-state index in [0.29, 0.717) is 36.7 Å². The Labute approximate surface area is 185 Å². The van der Waals surface area contributed by atoms with Gasteiger partial charge in [0, 0.05) is 25.0 Å². The summed E-state index contributed by atoms with van der Waals surface area (Å²) >= 11 is 0. The van der Waals surface area contributed by atoms with Crippen molar-refractivity contribution in [3.63, 3.8) is 0 Å². The van der Waals surface area contributed by atoms with E-state index in [4.69, 9.17) is 4.98 Å². The van der Waals surface area contributed by atoms with Gasteiger partial charge in [-0.25, -0.2) is 26.1 Å². The van der Waals surface area contributed by atoms with E-state index in [1.54, 1.807) is 12.1 Å². The van der Waals surface area contributed by atoms with Gasteiger partial charge in [0.25, 0.3) is 0 Å². The largest absolute Gasteiger partial charge is 0.327 e. The van der Waals surface area contributed by atoms with Crippen molar-refractivity contribution < 1.29 is 16.8 Å². The van der Waals surface area contributed by atoms with Crippen molar-refractivity contribution in [3.05, 3.63) is 24.0 Å². The van der Waals surface area contributed by atoms with Gasteiger partial charge in [0.2, 0.25) is 10.0 Å². The van der Waals surface area contributed by atoms with Crippen molar-refractivity contribution in [3.8, 4) is 0 Å². The smallest absolute Gasteiger partial charge is 0.211 e. The van der Waals surface area contributed by atoms with E-state index in [0.717, 1.165) is 23.4 Å². The molecule has 0 N–H and O–H groups in total. The van der Waals surface area contributed by atoms with Gasteiger partial charge in [0.15, 0.2) is 9.84 Å². The van der Waals surface area contributed by atoms with Crippen molar-refractivity contribution in [2.45, 2.75) is 63.3 Å². The highest BCUT2D eigenvalue weighted by atomic mass is 32.2. The topological polar surface area (TPSA) is 89.3 Å². The third-order valence-corrected chi connectivity index (χ3v) is 9.57. The van der Waals surface area contributed by atoms with Crippen LogP contribution in [0.25, 0.3) is 11.0 Å². The maximum atomic E-state index is 13.1. The quantitative estimate of drug-likeness (QED) is 0.651. The van der Waals surface area contributed by atoms with E-state index in [2.05, 4.69) is 25.3 Å². The number of fused-ring (bicyclic) bond motifs is 1. The monoisotopic (exact) mass is 467 g/mol. The number of piperidine rings is 1. The molecular weight excluding hydrogens is 434 g/mol. The Morgan fingerprint density at radius 2 is 1.65 bits per heavy atom. The van der Waals surface area contributed by atoms with E-state index in [-0.39, 0.29) is 17.1 Å². The highest BCUT2D eigenvalue weighted by molar-refractivity contribution is 7.91. The van der Waals surface area contributed by atoms with Gasteiger partial charge < -0.3 is 4.57 Å². The Balaban J connectivity index is 1.57. The number of hydrogen-bond donors (Lipinski definition) is 0. The molecule has 7 nitrogen and oxygen atoms in total. The molecule has 0 spiro atoms. The second kappa shape index (κ2) is 7.85. The van der Waals surface area contributed by atoms with Crippen LogP contribution in [0.1, 0.15) is 52.3 Å². The van der Waals surface area contributed by atoms with Crippen molar-refractivity contribution >= 4 is 30.9 Å². The molecule has 0 radical (unpaired) electrons. The van der Waals surface area contributed by atoms with Gasteiger partial charge in [-0.2, -0.15) is 0 Å². The summed E-state index contributed by atoms with van der Waals surface area (Å²) in [6.45, 7) is 8.12. The fourth-order valence-electron chi connectivity index (χ4n) is 4.43. The highest BCUT2D eigenvalue weighted by Crippen LogP contribution is 2.35. The summed E-state index contributed by atoms with van der Waals surface area (Å²) in [5.41, 5.74) is 1.61. The van der Waals surface area contributed by atoms with Crippen LogP contribution in [0.4, 0.5) is 0 Å². The molecule has 1 saturated carbocycles. The summed E-state index contributed by atoms with van der Waals surface area (Å²) in [5.74, 6) is 1.71. The van der Waals surface area contributed by atoms with E-state index >= 15 is 0 Å². The van der Waals surface area contributed by atoms with Crippen LogP contribution in [0.15, 0.2) is 23.1 Å². The van der Waals surface area contributed by atoms with Gasteiger partial charge in [-0.1, -0.05) is 20.8 Å². The first kappa shape index (κ1) is 22.7.